The van der Waals surface area contributed by atoms with Crippen molar-refractivity contribution in [2.24, 2.45) is 0 Å². The number of rotatable bonds is 4. The molecule has 1 atom stereocenters. The Bertz CT molecular complexity index is 481. The van der Waals surface area contributed by atoms with Crippen LogP contribution < -0.4 is 5.32 Å². The van der Waals surface area contributed by atoms with Crippen molar-refractivity contribution in [1.29, 1.82) is 0 Å². The number of benzene rings is 1. The van der Waals surface area contributed by atoms with E-state index >= 15 is 0 Å². The molecule has 1 N–H and O–H groups in total. The maximum absolute atomic E-state index is 3.64. The van der Waals surface area contributed by atoms with Crippen LogP contribution in [0.25, 0.3) is 0 Å². The highest BCUT2D eigenvalue weighted by atomic mass is 32.1. The van der Waals surface area contributed by atoms with Gasteiger partial charge in [0.2, 0.25) is 0 Å². The second-order valence-electron chi connectivity index (χ2n) is 5.16. The van der Waals surface area contributed by atoms with Crippen LogP contribution in [0.15, 0.2) is 47.8 Å². The van der Waals surface area contributed by atoms with Crippen molar-refractivity contribution in [3.05, 3.63) is 58.3 Å². The van der Waals surface area contributed by atoms with E-state index in [2.05, 4.69) is 58.1 Å². The molecule has 2 heterocycles. The van der Waals surface area contributed by atoms with Gasteiger partial charge in [0, 0.05) is 37.1 Å². The number of nitrogens with zero attached hydrogens (tertiary/aromatic N) is 1. The Balaban J connectivity index is 1.56. The highest BCUT2D eigenvalue weighted by molar-refractivity contribution is 7.09. The SMILES string of the molecule is c1ccc(CN2CCN[C@H](Cc3cccs3)C2)cc1. The summed E-state index contributed by atoms with van der Waals surface area (Å²) >= 11 is 1.86. The largest absolute Gasteiger partial charge is 0.311 e. The van der Waals surface area contributed by atoms with Crippen molar-refractivity contribution in [3.8, 4) is 0 Å². The van der Waals surface area contributed by atoms with Gasteiger partial charge >= 0.3 is 0 Å². The van der Waals surface area contributed by atoms with Crippen molar-refractivity contribution < 1.29 is 0 Å². The van der Waals surface area contributed by atoms with Gasteiger partial charge in [0.05, 0.1) is 0 Å². The molecule has 19 heavy (non-hydrogen) atoms. The second kappa shape index (κ2) is 6.33. The minimum absolute atomic E-state index is 0.594. The number of piperazine rings is 1. The molecule has 100 valence electrons. The third-order valence-electron chi connectivity index (χ3n) is 3.62. The molecule has 1 aliphatic rings. The molecule has 0 spiro atoms. The Kier molecular flexibility index (Phi) is 4.28. The van der Waals surface area contributed by atoms with E-state index in [1.165, 1.54) is 10.4 Å². The molecular formula is C16H20N2S. The van der Waals surface area contributed by atoms with E-state index in [0.717, 1.165) is 32.6 Å². The summed E-state index contributed by atoms with van der Waals surface area (Å²) in [5, 5.41) is 5.80. The summed E-state index contributed by atoms with van der Waals surface area (Å²) < 4.78 is 0. The Morgan fingerprint density at radius 3 is 2.84 bits per heavy atom. The first-order chi connectivity index (χ1) is 9.40. The summed E-state index contributed by atoms with van der Waals surface area (Å²) in [6.07, 6.45) is 1.16. The van der Waals surface area contributed by atoms with E-state index in [-0.39, 0.29) is 0 Å². The summed E-state index contributed by atoms with van der Waals surface area (Å²) in [6.45, 7) is 4.47. The summed E-state index contributed by atoms with van der Waals surface area (Å²) in [7, 11) is 0. The maximum atomic E-state index is 3.64. The first-order valence-corrected chi connectivity index (χ1v) is 7.80. The van der Waals surface area contributed by atoms with Crippen molar-refractivity contribution in [3.63, 3.8) is 0 Å². The van der Waals surface area contributed by atoms with Crippen LogP contribution in [-0.4, -0.2) is 30.6 Å². The molecule has 2 nitrogen and oxygen atoms in total. The van der Waals surface area contributed by atoms with Crippen LogP contribution in [0.2, 0.25) is 0 Å². The van der Waals surface area contributed by atoms with Gasteiger partial charge in [-0.3, -0.25) is 4.90 Å². The Hall–Kier alpha value is -1.16. The van der Waals surface area contributed by atoms with E-state index in [4.69, 9.17) is 0 Å². The van der Waals surface area contributed by atoms with Crippen molar-refractivity contribution in [1.82, 2.24) is 10.2 Å². The molecule has 2 aromatic rings. The minimum atomic E-state index is 0.594. The zero-order valence-electron chi connectivity index (χ0n) is 11.1. The molecule has 1 aromatic carbocycles. The van der Waals surface area contributed by atoms with E-state index in [9.17, 15) is 0 Å². The zero-order chi connectivity index (χ0) is 12.9. The third kappa shape index (κ3) is 3.66. The predicted octanol–water partition coefficient (Wildman–Crippen LogP) is 2.76. The van der Waals surface area contributed by atoms with E-state index in [0.29, 0.717) is 6.04 Å². The molecule has 1 aromatic heterocycles. The van der Waals surface area contributed by atoms with Gasteiger partial charge in [0.25, 0.3) is 0 Å². The molecule has 0 saturated carbocycles. The average Bonchev–Trinajstić information content (AvgIpc) is 2.93. The highest BCUT2D eigenvalue weighted by Gasteiger charge is 2.19. The highest BCUT2D eigenvalue weighted by Crippen LogP contribution is 2.14. The molecule has 0 bridgehead atoms. The first kappa shape index (κ1) is 12.9. The van der Waals surface area contributed by atoms with Crippen LogP contribution in [0.3, 0.4) is 0 Å². The van der Waals surface area contributed by atoms with Gasteiger partial charge in [0.1, 0.15) is 0 Å². The molecule has 0 unspecified atom stereocenters. The van der Waals surface area contributed by atoms with Crippen molar-refractivity contribution >= 4 is 11.3 Å². The van der Waals surface area contributed by atoms with Crippen LogP contribution in [-0.2, 0) is 13.0 Å². The maximum Gasteiger partial charge on any atom is 0.0243 e. The standard InChI is InChI=1S/C16H20N2S/c1-2-5-14(6-3-1)12-18-9-8-17-15(13-18)11-16-7-4-10-19-16/h1-7,10,15,17H,8-9,11-13H2/t15-/m1/s1. The van der Waals surface area contributed by atoms with Crippen LogP contribution >= 0.6 is 11.3 Å². The molecule has 0 radical (unpaired) electrons. The van der Waals surface area contributed by atoms with Gasteiger partial charge in [-0.1, -0.05) is 36.4 Å². The smallest absolute Gasteiger partial charge is 0.0243 e. The van der Waals surface area contributed by atoms with Crippen molar-refractivity contribution in [2.75, 3.05) is 19.6 Å². The molecule has 1 aliphatic heterocycles. The predicted molar refractivity (Wildman–Crippen MR) is 81.5 cm³/mol. The van der Waals surface area contributed by atoms with Gasteiger partial charge in [0.15, 0.2) is 0 Å². The minimum Gasteiger partial charge on any atom is -0.311 e. The lowest BCUT2D eigenvalue weighted by atomic mass is 10.1. The van der Waals surface area contributed by atoms with E-state index in [1.807, 2.05) is 11.3 Å². The van der Waals surface area contributed by atoms with E-state index in [1.54, 1.807) is 0 Å². The Labute approximate surface area is 119 Å². The molecule has 1 saturated heterocycles. The number of hydrogen-bond donors (Lipinski definition) is 1. The summed E-state index contributed by atoms with van der Waals surface area (Å²) in [4.78, 5) is 4.04. The molecule has 3 rings (SSSR count). The Morgan fingerprint density at radius 1 is 1.16 bits per heavy atom. The normalized spacial score (nSPS) is 20.5. The van der Waals surface area contributed by atoms with Crippen LogP contribution in [0.5, 0.6) is 0 Å². The van der Waals surface area contributed by atoms with Crippen LogP contribution in [0, 0.1) is 0 Å². The molecule has 1 fully saturated rings. The summed E-state index contributed by atoms with van der Waals surface area (Å²) in [5.41, 5.74) is 1.42. The number of nitrogens with one attached hydrogen (secondary N) is 1. The fourth-order valence-electron chi connectivity index (χ4n) is 2.69. The number of hydrogen-bond acceptors (Lipinski definition) is 3. The molecule has 3 heteroatoms. The van der Waals surface area contributed by atoms with Crippen molar-refractivity contribution in [2.45, 2.75) is 19.0 Å². The summed E-state index contributed by atoms with van der Waals surface area (Å²) in [6, 6.07) is 15.7. The number of thiophene rings is 1. The van der Waals surface area contributed by atoms with E-state index < -0.39 is 0 Å². The van der Waals surface area contributed by atoms with Gasteiger partial charge in [-0.2, -0.15) is 0 Å². The Morgan fingerprint density at radius 2 is 2.05 bits per heavy atom. The second-order valence-corrected chi connectivity index (χ2v) is 6.19. The zero-order valence-corrected chi connectivity index (χ0v) is 11.9. The fraction of sp³-hybridized carbons (Fsp3) is 0.375. The summed E-state index contributed by atoms with van der Waals surface area (Å²) in [5.74, 6) is 0. The first-order valence-electron chi connectivity index (χ1n) is 6.92. The lowest BCUT2D eigenvalue weighted by Gasteiger charge is -2.33. The average molecular weight is 272 g/mol. The topological polar surface area (TPSA) is 15.3 Å². The molecule has 0 aliphatic carbocycles. The van der Waals surface area contributed by atoms with Gasteiger partial charge in [-0.05, 0) is 23.4 Å². The van der Waals surface area contributed by atoms with Gasteiger partial charge < -0.3 is 5.32 Å². The molecular weight excluding hydrogens is 252 g/mol. The monoisotopic (exact) mass is 272 g/mol. The van der Waals surface area contributed by atoms with Gasteiger partial charge in [-0.15, -0.1) is 11.3 Å². The molecule has 0 amide bonds. The fourth-order valence-corrected chi connectivity index (χ4v) is 3.47. The van der Waals surface area contributed by atoms with Crippen LogP contribution in [0.1, 0.15) is 10.4 Å². The third-order valence-corrected chi connectivity index (χ3v) is 4.52. The lowest BCUT2D eigenvalue weighted by Crippen LogP contribution is -2.51. The van der Waals surface area contributed by atoms with Crippen LogP contribution in [0.4, 0.5) is 0 Å². The lowest BCUT2D eigenvalue weighted by molar-refractivity contribution is 0.192. The quantitative estimate of drug-likeness (QED) is 0.920. The van der Waals surface area contributed by atoms with Gasteiger partial charge in [-0.25, -0.2) is 0 Å².